The van der Waals surface area contributed by atoms with E-state index in [1.54, 1.807) is 30.1 Å². The van der Waals surface area contributed by atoms with Gasteiger partial charge in [0.25, 0.3) is 5.56 Å². The van der Waals surface area contributed by atoms with E-state index in [0.29, 0.717) is 17.4 Å². The number of carbonyl (C=O) groups is 1. The lowest BCUT2D eigenvalue weighted by Gasteiger charge is -2.17. The van der Waals surface area contributed by atoms with E-state index in [1.165, 1.54) is 4.68 Å². The standard InChI is InChI=1S/C24H22N4O2/c1-27(17-18-11-13-20(14-12-18)19-7-3-2-4-8-19)23(29)15-16-28-24(30)21-9-5-6-10-22(21)25-26-28/h2-14H,15-17H2,1H3. The Morgan fingerprint density at radius 3 is 2.33 bits per heavy atom. The smallest absolute Gasteiger partial charge is 0.277 e. The van der Waals surface area contributed by atoms with Gasteiger partial charge in [0.1, 0.15) is 5.52 Å². The number of nitrogens with zero attached hydrogens (tertiary/aromatic N) is 4. The number of hydrogen-bond acceptors (Lipinski definition) is 4. The van der Waals surface area contributed by atoms with Crippen LogP contribution in [0, 0.1) is 0 Å². The molecule has 0 aliphatic rings. The van der Waals surface area contributed by atoms with Crippen molar-refractivity contribution in [1.82, 2.24) is 19.9 Å². The molecular formula is C24H22N4O2. The lowest BCUT2D eigenvalue weighted by molar-refractivity contribution is -0.130. The molecule has 0 N–H and O–H groups in total. The number of aromatic nitrogens is 3. The van der Waals surface area contributed by atoms with Gasteiger partial charge in [0.15, 0.2) is 0 Å². The van der Waals surface area contributed by atoms with Crippen molar-refractivity contribution in [2.24, 2.45) is 0 Å². The molecule has 0 saturated heterocycles. The first-order chi connectivity index (χ1) is 14.6. The van der Waals surface area contributed by atoms with Gasteiger partial charge in [-0.05, 0) is 28.8 Å². The quantitative estimate of drug-likeness (QED) is 0.498. The van der Waals surface area contributed by atoms with Crippen molar-refractivity contribution >= 4 is 16.8 Å². The first kappa shape index (κ1) is 19.5. The SMILES string of the molecule is CN(Cc1ccc(-c2ccccc2)cc1)C(=O)CCn1nnc2ccccc2c1=O. The van der Waals surface area contributed by atoms with Gasteiger partial charge in [-0.1, -0.05) is 71.9 Å². The van der Waals surface area contributed by atoms with E-state index < -0.39 is 0 Å². The van der Waals surface area contributed by atoms with E-state index in [9.17, 15) is 9.59 Å². The molecule has 0 aliphatic carbocycles. The third-order valence-corrected chi connectivity index (χ3v) is 5.07. The van der Waals surface area contributed by atoms with E-state index in [2.05, 4.69) is 34.6 Å². The van der Waals surface area contributed by atoms with Crippen LogP contribution < -0.4 is 5.56 Å². The van der Waals surface area contributed by atoms with Crippen LogP contribution in [0.15, 0.2) is 83.7 Å². The van der Waals surface area contributed by atoms with Gasteiger partial charge in [0, 0.05) is 20.0 Å². The normalized spacial score (nSPS) is 10.8. The molecule has 6 heteroatoms. The lowest BCUT2D eigenvalue weighted by atomic mass is 10.0. The number of hydrogen-bond donors (Lipinski definition) is 0. The third-order valence-electron chi connectivity index (χ3n) is 5.07. The molecule has 0 unspecified atom stereocenters. The molecule has 0 radical (unpaired) electrons. The average Bonchev–Trinajstić information content (AvgIpc) is 2.79. The van der Waals surface area contributed by atoms with Gasteiger partial charge in [-0.3, -0.25) is 9.59 Å². The predicted octanol–water partition coefficient (Wildman–Crippen LogP) is 3.51. The van der Waals surface area contributed by atoms with Gasteiger partial charge < -0.3 is 4.90 Å². The summed E-state index contributed by atoms with van der Waals surface area (Å²) in [6, 6.07) is 25.4. The van der Waals surface area contributed by atoms with Gasteiger partial charge >= 0.3 is 0 Å². The van der Waals surface area contributed by atoms with Crippen molar-refractivity contribution in [3.05, 3.63) is 94.8 Å². The Balaban J connectivity index is 1.37. The zero-order valence-electron chi connectivity index (χ0n) is 16.7. The molecule has 0 aliphatic heterocycles. The minimum atomic E-state index is -0.229. The third kappa shape index (κ3) is 4.27. The van der Waals surface area contributed by atoms with Crippen molar-refractivity contribution in [2.75, 3.05) is 7.05 Å². The highest BCUT2D eigenvalue weighted by Crippen LogP contribution is 2.19. The monoisotopic (exact) mass is 398 g/mol. The fourth-order valence-electron chi connectivity index (χ4n) is 3.36. The summed E-state index contributed by atoms with van der Waals surface area (Å²) < 4.78 is 1.25. The Hall–Kier alpha value is -3.80. The van der Waals surface area contributed by atoms with Gasteiger partial charge in [-0.25, -0.2) is 4.68 Å². The summed E-state index contributed by atoms with van der Waals surface area (Å²) in [5.41, 5.74) is 3.68. The van der Waals surface area contributed by atoms with Crippen LogP contribution in [0.5, 0.6) is 0 Å². The van der Waals surface area contributed by atoms with E-state index in [4.69, 9.17) is 0 Å². The van der Waals surface area contributed by atoms with Gasteiger partial charge in [0.05, 0.1) is 11.9 Å². The summed E-state index contributed by atoms with van der Waals surface area (Å²) in [4.78, 5) is 26.7. The highest BCUT2D eigenvalue weighted by Gasteiger charge is 2.12. The van der Waals surface area contributed by atoms with Crippen LogP contribution in [0.2, 0.25) is 0 Å². The Morgan fingerprint density at radius 2 is 1.57 bits per heavy atom. The van der Waals surface area contributed by atoms with E-state index in [-0.39, 0.29) is 24.4 Å². The summed E-state index contributed by atoms with van der Waals surface area (Å²) in [7, 11) is 1.77. The minimum Gasteiger partial charge on any atom is -0.341 e. The van der Waals surface area contributed by atoms with Crippen LogP contribution in [0.3, 0.4) is 0 Å². The van der Waals surface area contributed by atoms with Crippen molar-refractivity contribution < 1.29 is 4.79 Å². The van der Waals surface area contributed by atoms with Crippen LogP contribution in [0.25, 0.3) is 22.0 Å². The number of fused-ring (bicyclic) bond motifs is 1. The highest BCUT2D eigenvalue weighted by atomic mass is 16.2. The van der Waals surface area contributed by atoms with E-state index >= 15 is 0 Å². The molecule has 0 bridgehead atoms. The zero-order valence-corrected chi connectivity index (χ0v) is 16.7. The van der Waals surface area contributed by atoms with Crippen LogP contribution in [0.4, 0.5) is 0 Å². The summed E-state index contributed by atoms with van der Waals surface area (Å²) in [5, 5.41) is 8.50. The maximum Gasteiger partial charge on any atom is 0.277 e. The van der Waals surface area contributed by atoms with E-state index in [0.717, 1.165) is 16.7 Å². The molecule has 0 fully saturated rings. The first-order valence-corrected chi connectivity index (χ1v) is 9.83. The zero-order chi connectivity index (χ0) is 20.9. The molecular weight excluding hydrogens is 376 g/mol. The summed E-state index contributed by atoms with van der Waals surface area (Å²) in [6.07, 6.45) is 0.186. The molecule has 0 atom stereocenters. The molecule has 1 aromatic heterocycles. The molecule has 6 nitrogen and oxygen atoms in total. The molecule has 3 aromatic carbocycles. The Labute approximate surface area is 174 Å². The van der Waals surface area contributed by atoms with Gasteiger partial charge in [-0.15, -0.1) is 5.10 Å². The van der Waals surface area contributed by atoms with Gasteiger partial charge in [-0.2, -0.15) is 0 Å². The highest BCUT2D eigenvalue weighted by molar-refractivity contribution is 5.77. The molecule has 1 amide bonds. The topological polar surface area (TPSA) is 68.1 Å². The summed E-state index contributed by atoms with van der Waals surface area (Å²) in [5.74, 6) is -0.0519. The fourth-order valence-corrected chi connectivity index (χ4v) is 3.36. The first-order valence-electron chi connectivity index (χ1n) is 9.83. The minimum absolute atomic E-state index is 0.0519. The molecule has 1 heterocycles. The number of amides is 1. The maximum atomic E-state index is 12.5. The average molecular weight is 398 g/mol. The maximum absolute atomic E-state index is 12.5. The second-order valence-electron chi connectivity index (χ2n) is 7.20. The van der Waals surface area contributed by atoms with E-state index in [1.807, 2.05) is 36.4 Å². The molecule has 30 heavy (non-hydrogen) atoms. The van der Waals surface area contributed by atoms with Crippen LogP contribution in [-0.2, 0) is 17.9 Å². The number of rotatable bonds is 6. The van der Waals surface area contributed by atoms with Crippen molar-refractivity contribution in [3.63, 3.8) is 0 Å². The number of carbonyl (C=O) groups excluding carboxylic acids is 1. The van der Waals surface area contributed by atoms with Crippen molar-refractivity contribution in [3.8, 4) is 11.1 Å². The van der Waals surface area contributed by atoms with Crippen LogP contribution in [-0.4, -0.2) is 32.8 Å². The van der Waals surface area contributed by atoms with Crippen LogP contribution in [0.1, 0.15) is 12.0 Å². The molecule has 4 rings (SSSR count). The molecule has 0 spiro atoms. The molecule has 0 saturated carbocycles. The van der Waals surface area contributed by atoms with Crippen molar-refractivity contribution in [2.45, 2.75) is 19.5 Å². The predicted molar refractivity (Wildman–Crippen MR) is 117 cm³/mol. The summed E-state index contributed by atoms with van der Waals surface area (Å²) in [6.45, 7) is 0.707. The summed E-state index contributed by atoms with van der Waals surface area (Å²) >= 11 is 0. The molecule has 4 aromatic rings. The fraction of sp³-hybridized carbons (Fsp3) is 0.167. The van der Waals surface area contributed by atoms with Crippen molar-refractivity contribution in [1.29, 1.82) is 0 Å². The lowest BCUT2D eigenvalue weighted by Crippen LogP contribution is -2.30. The molecule has 150 valence electrons. The Bertz CT molecular complexity index is 1220. The van der Waals surface area contributed by atoms with Crippen LogP contribution >= 0.6 is 0 Å². The second kappa shape index (κ2) is 8.69. The Morgan fingerprint density at radius 1 is 0.900 bits per heavy atom. The van der Waals surface area contributed by atoms with Gasteiger partial charge in [0.2, 0.25) is 5.91 Å². The largest absolute Gasteiger partial charge is 0.341 e. The second-order valence-corrected chi connectivity index (χ2v) is 7.20. The number of aryl methyl sites for hydroxylation is 1. The Kier molecular flexibility index (Phi) is 5.66. The number of benzene rings is 3.